The predicted octanol–water partition coefficient (Wildman–Crippen LogP) is 1.91. The molecule has 0 bridgehead atoms. The molecule has 23 heavy (non-hydrogen) atoms. The average molecular weight is 338 g/mol. The molecule has 0 aromatic heterocycles. The lowest BCUT2D eigenvalue weighted by Crippen LogP contribution is -2.36. The summed E-state index contributed by atoms with van der Waals surface area (Å²) in [5.74, 6) is -0.0953. The molecule has 1 N–H and O–H groups in total. The van der Waals surface area contributed by atoms with Gasteiger partial charge in [0.05, 0.1) is 11.4 Å². The second-order valence-corrected chi connectivity index (χ2v) is 8.09. The molecule has 2 aliphatic heterocycles. The molecule has 2 aliphatic rings. The molecule has 7 heteroatoms. The Morgan fingerprint density at radius 2 is 2.22 bits per heavy atom. The summed E-state index contributed by atoms with van der Waals surface area (Å²) in [5, 5.41) is 2.84. The van der Waals surface area contributed by atoms with Crippen molar-refractivity contribution in [2.24, 2.45) is 0 Å². The van der Waals surface area contributed by atoms with Gasteiger partial charge in [-0.25, -0.2) is 8.42 Å². The van der Waals surface area contributed by atoms with E-state index in [1.807, 2.05) is 12.1 Å². The first-order valence-corrected chi connectivity index (χ1v) is 9.68. The number of amides is 1. The Kier molecular flexibility index (Phi) is 4.59. The molecule has 0 radical (unpaired) electrons. The quantitative estimate of drug-likeness (QED) is 0.910. The number of hydrogen-bond acceptors (Lipinski definition) is 4. The van der Waals surface area contributed by atoms with Gasteiger partial charge in [0, 0.05) is 18.8 Å². The molecule has 0 aliphatic carbocycles. The van der Waals surface area contributed by atoms with Crippen LogP contribution in [0.1, 0.15) is 31.7 Å². The van der Waals surface area contributed by atoms with Gasteiger partial charge in [0.1, 0.15) is 6.10 Å². The highest BCUT2D eigenvalue weighted by Gasteiger charge is 2.27. The van der Waals surface area contributed by atoms with Crippen LogP contribution in [-0.2, 0) is 26.0 Å². The number of benzene rings is 1. The van der Waals surface area contributed by atoms with Crippen molar-refractivity contribution >= 4 is 27.3 Å². The Hall–Kier alpha value is -1.60. The summed E-state index contributed by atoms with van der Waals surface area (Å²) in [6, 6.07) is 5.49. The van der Waals surface area contributed by atoms with Crippen molar-refractivity contribution in [3.8, 4) is 0 Å². The van der Waals surface area contributed by atoms with Crippen molar-refractivity contribution in [2.45, 2.75) is 38.7 Å². The fourth-order valence-electron chi connectivity index (χ4n) is 3.07. The second kappa shape index (κ2) is 6.49. The topological polar surface area (TPSA) is 75.7 Å². The Morgan fingerprint density at radius 1 is 1.39 bits per heavy atom. The first-order chi connectivity index (χ1) is 11.0. The van der Waals surface area contributed by atoms with Gasteiger partial charge in [0.2, 0.25) is 10.0 Å². The van der Waals surface area contributed by atoms with Crippen LogP contribution in [0.5, 0.6) is 0 Å². The van der Waals surface area contributed by atoms with E-state index in [1.54, 1.807) is 13.0 Å². The number of rotatable bonds is 4. The summed E-state index contributed by atoms with van der Waals surface area (Å²) < 4.78 is 31.4. The molecular formula is C16H22N2O4S. The lowest BCUT2D eigenvalue weighted by atomic mass is 10.0. The van der Waals surface area contributed by atoms with Crippen LogP contribution in [0.4, 0.5) is 11.4 Å². The number of fused-ring (bicyclic) bond motifs is 1. The molecule has 0 spiro atoms. The molecule has 2 heterocycles. The summed E-state index contributed by atoms with van der Waals surface area (Å²) >= 11 is 0. The molecule has 1 saturated heterocycles. The Balaban J connectivity index is 1.85. The number of nitrogens with zero attached hydrogens (tertiary/aromatic N) is 1. The maximum atomic E-state index is 12.3. The number of nitrogens with one attached hydrogen (secondary N) is 1. The number of hydrogen-bond donors (Lipinski definition) is 1. The Morgan fingerprint density at radius 3 is 2.91 bits per heavy atom. The largest absolute Gasteiger partial charge is 0.368 e. The molecule has 6 nitrogen and oxygen atoms in total. The van der Waals surface area contributed by atoms with E-state index in [9.17, 15) is 13.2 Å². The summed E-state index contributed by atoms with van der Waals surface area (Å²) in [7, 11) is -3.30. The highest BCUT2D eigenvalue weighted by Crippen LogP contribution is 2.32. The third-order valence-corrected chi connectivity index (χ3v) is 6.13. The maximum absolute atomic E-state index is 12.3. The first kappa shape index (κ1) is 16.3. The average Bonchev–Trinajstić information content (AvgIpc) is 3.08. The molecule has 1 unspecified atom stereocenters. The molecular weight excluding hydrogens is 316 g/mol. The molecule has 126 valence electrons. The molecule has 1 fully saturated rings. The molecule has 1 amide bonds. The third kappa shape index (κ3) is 3.35. The molecule has 1 atom stereocenters. The van der Waals surface area contributed by atoms with Gasteiger partial charge in [-0.05, 0) is 50.3 Å². The molecule has 0 saturated carbocycles. The maximum Gasteiger partial charge on any atom is 0.253 e. The third-order valence-electron chi connectivity index (χ3n) is 4.35. The minimum Gasteiger partial charge on any atom is -0.368 e. The number of carbonyl (C=O) groups excluding carboxylic acids is 1. The zero-order valence-corrected chi connectivity index (χ0v) is 14.1. The summed E-state index contributed by atoms with van der Waals surface area (Å²) in [5.41, 5.74) is 2.30. The zero-order chi connectivity index (χ0) is 16.4. The van der Waals surface area contributed by atoms with Crippen molar-refractivity contribution in [1.29, 1.82) is 0 Å². The highest BCUT2D eigenvalue weighted by molar-refractivity contribution is 7.92. The minimum absolute atomic E-state index is 0.0684. The van der Waals surface area contributed by atoms with Crippen molar-refractivity contribution < 1.29 is 17.9 Å². The normalized spacial score (nSPS) is 21.1. The van der Waals surface area contributed by atoms with Gasteiger partial charge in [-0.1, -0.05) is 6.07 Å². The van der Waals surface area contributed by atoms with Crippen LogP contribution in [0.3, 0.4) is 0 Å². The first-order valence-electron chi connectivity index (χ1n) is 8.07. The van der Waals surface area contributed by atoms with Crippen LogP contribution < -0.4 is 9.62 Å². The van der Waals surface area contributed by atoms with E-state index in [4.69, 9.17) is 4.74 Å². The fraction of sp³-hybridized carbons (Fsp3) is 0.562. The smallest absolute Gasteiger partial charge is 0.253 e. The van der Waals surface area contributed by atoms with Crippen molar-refractivity contribution in [2.75, 3.05) is 28.5 Å². The van der Waals surface area contributed by atoms with Gasteiger partial charge in [0.25, 0.3) is 5.91 Å². The summed E-state index contributed by atoms with van der Waals surface area (Å²) in [6.07, 6.45) is 2.89. The number of anilines is 2. The van der Waals surface area contributed by atoms with Gasteiger partial charge >= 0.3 is 0 Å². The Bertz CT molecular complexity index is 696. The molecule has 1 aromatic carbocycles. The van der Waals surface area contributed by atoms with Gasteiger partial charge in [-0.3, -0.25) is 9.10 Å². The van der Waals surface area contributed by atoms with E-state index in [1.165, 1.54) is 4.31 Å². The lowest BCUT2D eigenvalue weighted by molar-refractivity contribution is -0.124. The SMILES string of the molecule is CCS(=O)(=O)N1CCCc2ccc(NC(=O)C3CCCO3)cc21. The van der Waals surface area contributed by atoms with Crippen LogP contribution in [0.15, 0.2) is 18.2 Å². The van der Waals surface area contributed by atoms with E-state index < -0.39 is 16.1 Å². The number of carbonyl (C=O) groups is 1. The molecule has 3 rings (SSSR count). The van der Waals surface area contributed by atoms with Gasteiger partial charge in [-0.15, -0.1) is 0 Å². The number of aryl methyl sites for hydroxylation is 1. The summed E-state index contributed by atoms with van der Waals surface area (Å²) in [6.45, 7) is 2.75. The highest BCUT2D eigenvalue weighted by atomic mass is 32.2. The van der Waals surface area contributed by atoms with Gasteiger partial charge in [-0.2, -0.15) is 0 Å². The van der Waals surface area contributed by atoms with Gasteiger partial charge < -0.3 is 10.1 Å². The van der Waals surface area contributed by atoms with Crippen molar-refractivity contribution in [3.63, 3.8) is 0 Å². The van der Waals surface area contributed by atoms with E-state index in [0.29, 0.717) is 24.5 Å². The lowest BCUT2D eigenvalue weighted by Gasteiger charge is -2.30. The van der Waals surface area contributed by atoms with Crippen molar-refractivity contribution in [1.82, 2.24) is 0 Å². The second-order valence-electron chi connectivity index (χ2n) is 5.91. The standard InChI is InChI=1S/C16H22N2O4S/c1-2-23(20,21)18-9-3-5-12-7-8-13(11-14(12)18)17-16(19)15-6-4-10-22-15/h7-8,11,15H,2-6,9-10H2,1H3,(H,17,19). The monoisotopic (exact) mass is 338 g/mol. The van der Waals surface area contributed by atoms with Crippen LogP contribution >= 0.6 is 0 Å². The molecule has 1 aromatic rings. The van der Waals surface area contributed by atoms with E-state index in [-0.39, 0.29) is 11.7 Å². The zero-order valence-electron chi connectivity index (χ0n) is 13.2. The van der Waals surface area contributed by atoms with Crippen LogP contribution in [-0.4, -0.2) is 39.3 Å². The summed E-state index contributed by atoms with van der Waals surface area (Å²) in [4.78, 5) is 12.1. The Labute approximate surface area is 136 Å². The number of ether oxygens (including phenoxy) is 1. The van der Waals surface area contributed by atoms with Crippen molar-refractivity contribution in [3.05, 3.63) is 23.8 Å². The number of sulfonamides is 1. The van der Waals surface area contributed by atoms with Crippen LogP contribution in [0.25, 0.3) is 0 Å². The fourth-order valence-corrected chi connectivity index (χ4v) is 4.26. The van der Waals surface area contributed by atoms with E-state index in [0.717, 1.165) is 31.2 Å². The van der Waals surface area contributed by atoms with Crippen LogP contribution in [0.2, 0.25) is 0 Å². The van der Waals surface area contributed by atoms with E-state index in [2.05, 4.69) is 5.32 Å². The minimum atomic E-state index is -3.30. The van der Waals surface area contributed by atoms with E-state index >= 15 is 0 Å². The van der Waals surface area contributed by atoms with Gasteiger partial charge in [0.15, 0.2) is 0 Å². The van der Waals surface area contributed by atoms with Crippen LogP contribution in [0, 0.1) is 0 Å². The predicted molar refractivity (Wildman–Crippen MR) is 89.2 cm³/mol.